The first-order valence-electron chi connectivity index (χ1n) is 8.54. The summed E-state index contributed by atoms with van der Waals surface area (Å²) in [4.78, 5) is 27.3. The van der Waals surface area contributed by atoms with Gasteiger partial charge < -0.3 is 14.4 Å². The number of ether oxygens (including phenoxy) is 2. The summed E-state index contributed by atoms with van der Waals surface area (Å²) >= 11 is 1.56. The number of benzene rings is 1. The minimum Gasteiger partial charge on any atom is -0.497 e. The molecule has 140 valence electrons. The van der Waals surface area contributed by atoms with Gasteiger partial charge in [-0.3, -0.25) is 9.59 Å². The number of hydrogen-bond donors (Lipinski definition) is 0. The molecule has 0 aliphatic heterocycles. The molecule has 1 aromatic heterocycles. The lowest BCUT2D eigenvalue weighted by atomic mass is 10.1. The van der Waals surface area contributed by atoms with Gasteiger partial charge in [-0.25, -0.2) is 0 Å². The molecule has 6 heteroatoms. The van der Waals surface area contributed by atoms with Crippen molar-refractivity contribution in [2.24, 2.45) is 5.92 Å². The second kappa shape index (κ2) is 9.97. The van der Waals surface area contributed by atoms with E-state index in [1.807, 2.05) is 41.8 Å². The average Bonchev–Trinajstić information content (AvgIpc) is 3.17. The van der Waals surface area contributed by atoms with Gasteiger partial charge in [-0.1, -0.05) is 25.1 Å². The zero-order valence-electron chi connectivity index (χ0n) is 15.4. The first-order valence-corrected chi connectivity index (χ1v) is 9.42. The van der Waals surface area contributed by atoms with Gasteiger partial charge in [0.25, 0.3) is 0 Å². The first kappa shape index (κ1) is 20.0. The van der Waals surface area contributed by atoms with Crippen LogP contribution in [-0.4, -0.2) is 44.1 Å². The molecule has 0 aliphatic rings. The van der Waals surface area contributed by atoms with E-state index in [4.69, 9.17) is 9.47 Å². The quantitative estimate of drug-likeness (QED) is 0.632. The van der Waals surface area contributed by atoms with E-state index in [1.165, 1.54) is 7.11 Å². The van der Waals surface area contributed by atoms with Gasteiger partial charge in [0.15, 0.2) is 0 Å². The van der Waals surface area contributed by atoms with E-state index in [2.05, 4.69) is 0 Å². The normalized spacial score (nSPS) is 11.7. The zero-order valence-corrected chi connectivity index (χ0v) is 16.3. The second-order valence-electron chi connectivity index (χ2n) is 6.12. The molecule has 5 nitrogen and oxygen atoms in total. The molecule has 0 aliphatic carbocycles. The molecule has 2 rings (SSSR count). The molecule has 26 heavy (non-hydrogen) atoms. The number of carbonyl (C=O) groups excluding carboxylic acids is 2. The predicted molar refractivity (Wildman–Crippen MR) is 102 cm³/mol. The van der Waals surface area contributed by atoms with Gasteiger partial charge in [-0.2, -0.15) is 0 Å². The Hall–Kier alpha value is -2.34. The molecule has 0 N–H and O–H groups in total. The lowest BCUT2D eigenvalue weighted by molar-refractivity contribution is -0.146. The number of thiophene rings is 1. The van der Waals surface area contributed by atoms with Crippen LogP contribution >= 0.6 is 11.3 Å². The highest BCUT2D eigenvalue weighted by Gasteiger charge is 2.21. The van der Waals surface area contributed by atoms with Crippen LogP contribution in [-0.2, 0) is 27.2 Å². The number of rotatable bonds is 9. The summed E-state index contributed by atoms with van der Waals surface area (Å²) in [6.45, 7) is 2.69. The fraction of sp³-hybridized carbons (Fsp3) is 0.400. The maximum Gasteiger partial charge on any atom is 0.310 e. The Morgan fingerprint density at radius 1 is 1.15 bits per heavy atom. The van der Waals surface area contributed by atoms with Gasteiger partial charge in [0, 0.05) is 18.0 Å². The van der Waals surface area contributed by atoms with Crippen LogP contribution in [0.1, 0.15) is 17.4 Å². The number of amides is 1. The molecular weight excluding hydrogens is 350 g/mol. The van der Waals surface area contributed by atoms with E-state index >= 15 is 0 Å². The fourth-order valence-corrected chi connectivity index (χ4v) is 3.35. The predicted octanol–water partition coefficient (Wildman–Crippen LogP) is 3.18. The Balaban J connectivity index is 2.02. The SMILES string of the molecule is COC(=O)C(C)CN(CCc1ccc(OC)cc1)C(=O)Cc1cccs1. The highest BCUT2D eigenvalue weighted by atomic mass is 32.1. The van der Waals surface area contributed by atoms with E-state index in [-0.39, 0.29) is 17.8 Å². The van der Waals surface area contributed by atoms with Crippen LogP contribution < -0.4 is 4.74 Å². The molecule has 0 fully saturated rings. The molecule has 1 amide bonds. The lowest BCUT2D eigenvalue weighted by Gasteiger charge is -2.25. The molecule has 1 atom stereocenters. The van der Waals surface area contributed by atoms with Gasteiger partial charge in [-0.15, -0.1) is 11.3 Å². The van der Waals surface area contributed by atoms with E-state index in [1.54, 1.807) is 30.3 Å². The van der Waals surface area contributed by atoms with Gasteiger partial charge in [0.1, 0.15) is 5.75 Å². The maximum atomic E-state index is 12.7. The average molecular weight is 375 g/mol. The van der Waals surface area contributed by atoms with Crippen LogP contribution in [0.2, 0.25) is 0 Å². The monoisotopic (exact) mass is 375 g/mol. The van der Waals surface area contributed by atoms with Gasteiger partial charge >= 0.3 is 5.97 Å². The van der Waals surface area contributed by atoms with E-state index in [0.29, 0.717) is 25.9 Å². The molecule has 0 spiro atoms. The van der Waals surface area contributed by atoms with Crippen LogP contribution in [0.3, 0.4) is 0 Å². The number of nitrogens with zero attached hydrogens (tertiary/aromatic N) is 1. The molecule has 0 saturated heterocycles. The van der Waals surface area contributed by atoms with Gasteiger partial charge in [0.2, 0.25) is 5.91 Å². The van der Waals surface area contributed by atoms with E-state index in [9.17, 15) is 9.59 Å². The van der Waals surface area contributed by atoms with E-state index in [0.717, 1.165) is 16.2 Å². The Labute approximate surface area is 158 Å². The molecule has 1 heterocycles. The smallest absolute Gasteiger partial charge is 0.310 e. The third-order valence-corrected chi connectivity index (χ3v) is 5.06. The van der Waals surface area contributed by atoms with Crippen molar-refractivity contribution in [3.8, 4) is 5.75 Å². The van der Waals surface area contributed by atoms with E-state index < -0.39 is 0 Å². The zero-order chi connectivity index (χ0) is 18.9. The van der Waals surface area contributed by atoms with Crippen molar-refractivity contribution in [1.82, 2.24) is 4.90 Å². The third kappa shape index (κ3) is 5.88. The van der Waals surface area contributed by atoms with Crippen molar-refractivity contribution in [2.75, 3.05) is 27.3 Å². The Morgan fingerprint density at radius 2 is 1.88 bits per heavy atom. The minimum absolute atomic E-state index is 0.0247. The summed E-state index contributed by atoms with van der Waals surface area (Å²) in [6, 6.07) is 11.7. The number of hydrogen-bond acceptors (Lipinski definition) is 5. The Kier molecular flexibility index (Phi) is 7.66. The lowest BCUT2D eigenvalue weighted by Crippen LogP contribution is -2.39. The number of methoxy groups -OCH3 is 2. The molecule has 0 bridgehead atoms. The molecule has 0 saturated carbocycles. The molecule has 2 aromatic rings. The Bertz CT molecular complexity index is 697. The van der Waals surface area contributed by atoms with Crippen molar-refractivity contribution in [2.45, 2.75) is 19.8 Å². The summed E-state index contributed by atoms with van der Waals surface area (Å²) in [7, 11) is 3.00. The molecular formula is C20H25NO4S. The Morgan fingerprint density at radius 3 is 2.46 bits per heavy atom. The van der Waals surface area contributed by atoms with Gasteiger partial charge in [-0.05, 0) is 35.6 Å². The van der Waals surface area contributed by atoms with Crippen molar-refractivity contribution < 1.29 is 19.1 Å². The standard InChI is InChI=1S/C20H25NO4S/c1-15(20(23)25-3)14-21(19(22)13-18-5-4-12-26-18)11-10-16-6-8-17(24-2)9-7-16/h4-9,12,15H,10-11,13-14H2,1-3H3. The summed E-state index contributed by atoms with van der Waals surface area (Å²) < 4.78 is 9.97. The fourth-order valence-electron chi connectivity index (χ4n) is 2.65. The summed E-state index contributed by atoms with van der Waals surface area (Å²) in [5, 5.41) is 1.96. The largest absolute Gasteiger partial charge is 0.497 e. The first-order chi connectivity index (χ1) is 12.5. The maximum absolute atomic E-state index is 12.7. The number of carbonyl (C=O) groups is 2. The second-order valence-corrected chi connectivity index (χ2v) is 7.15. The van der Waals surface area contributed by atoms with Crippen molar-refractivity contribution in [3.63, 3.8) is 0 Å². The van der Waals surface area contributed by atoms with Crippen LogP contribution in [0.4, 0.5) is 0 Å². The molecule has 1 unspecified atom stereocenters. The summed E-state index contributed by atoms with van der Waals surface area (Å²) in [5.74, 6) is 0.168. The van der Waals surface area contributed by atoms with Crippen LogP contribution in [0.25, 0.3) is 0 Å². The van der Waals surface area contributed by atoms with Crippen LogP contribution in [0.15, 0.2) is 41.8 Å². The highest BCUT2D eigenvalue weighted by Crippen LogP contribution is 2.15. The van der Waals surface area contributed by atoms with Crippen LogP contribution in [0.5, 0.6) is 5.75 Å². The molecule has 1 aromatic carbocycles. The van der Waals surface area contributed by atoms with Crippen molar-refractivity contribution >= 4 is 23.2 Å². The summed E-state index contributed by atoms with van der Waals surface area (Å²) in [6.07, 6.45) is 1.07. The topological polar surface area (TPSA) is 55.8 Å². The third-order valence-electron chi connectivity index (χ3n) is 4.19. The van der Waals surface area contributed by atoms with Crippen LogP contribution in [0, 0.1) is 5.92 Å². The number of esters is 1. The summed E-state index contributed by atoms with van der Waals surface area (Å²) in [5.41, 5.74) is 1.12. The van der Waals surface area contributed by atoms with Gasteiger partial charge in [0.05, 0.1) is 26.6 Å². The molecule has 0 radical (unpaired) electrons. The van der Waals surface area contributed by atoms with Crippen molar-refractivity contribution in [1.29, 1.82) is 0 Å². The van der Waals surface area contributed by atoms with Crippen molar-refractivity contribution in [3.05, 3.63) is 52.2 Å². The highest BCUT2D eigenvalue weighted by molar-refractivity contribution is 7.10. The minimum atomic E-state index is -0.358.